The normalized spacial score (nSPS) is 10.6. The molecular weight excluding hydrogens is 190 g/mol. The predicted octanol–water partition coefficient (Wildman–Crippen LogP) is 2.67. The third kappa shape index (κ3) is 2.26. The summed E-state index contributed by atoms with van der Waals surface area (Å²) in [4.78, 5) is 0. The maximum absolute atomic E-state index is 5.81. The summed E-state index contributed by atoms with van der Waals surface area (Å²) in [6.45, 7) is 9.52. The zero-order chi connectivity index (χ0) is 10.6. The fraction of sp³-hybridized carbons (Fsp3) is 0.0909. The van der Waals surface area contributed by atoms with Gasteiger partial charge in [-0.15, -0.1) is 13.2 Å². The molecule has 0 aromatic heterocycles. The SMILES string of the molecule is C=C[Si](C)(C=C)Oc1ccccc1N. The van der Waals surface area contributed by atoms with Gasteiger partial charge in [-0.05, 0) is 18.7 Å². The lowest BCUT2D eigenvalue weighted by Crippen LogP contribution is -2.33. The molecule has 0 aliphatic carbocycles. The Kier molecular flexibility index (Phi) is 3.14. The summed E-state index contributed by atoms with van der Waals surface area (Å²) in [5.41, 5.74) is 10.1. The van der Waals surface area contributed by atoms with E-state index in [1.807, 2.05) is 42.2 Å². The summed E-state index contributed by atoms with van der Waals surface area (Å²) in [7, 11) is -2.02. The minimum Gasteiger partial charge on any atom is -0.535 e. The molecule has 0 aliphatic heterocycles. The second-order valence-electron chi connectivity index (χ2n) is 3.23. The molecule has 3 heteroatoms. The number of rotatable bonds is 4. The summed E-state index contributed by atoms with van der Waals surface area (Å²) in [6, 6.07) is 7.44. The van der Waals surface area contributed by atoms with Gasteiger partial charge in [0.05, 0.1) is 5.69 Å². The minimum absolute atomic E-state index is 0.648. The molecule has 0 atom stereocenters. The van der Waals surface area contributed by atoms with E-state index in [1.54, 1.807) is 0 Å². The van der Waals surface area contributed by atoms with Crippen molar-refractivity contribution < 1.29 is 4.43 Å². The summed E-state index contributed by atoms with van der Waals surface area (Å²) in [5, 5.41) is 0. The van der Waals surface area contributed by atoms with Crippen molar-refractivity contribution in [2.75, 3.05) is 5.73 Å². The van der Waals surface area contributed by atoms with Gasteiger partial charge in [0.1, 0.15) is 5.75 Å². The topological polar surface area (TPSA) is 35.2 Å². The van der Waals surface area contributed by atoms with Crippen molar-refractivity contribution >= 4 is 14.0 Å². The number of hydrogen-bond acceptors (Lipinski definition) is 2. The standard InChI is InChI=1S/C11H15NOSi/c1-4-14(3,5-2)13-11-9-7-6-8-10(11)12/h4-9H,1-2,12H2,3H3. The maximum atomic E-state index is 5.81. The first-order chi connectivity index (χ1) is 6.61. The van der Waals surface area contributed by atoms with Crippen LogP contribution in [0.2, 0.25) is 6.55 Å². The number of para-hydroxylation sites is 2. The van der Waals surface area contributed by atoms with Crippen molar-refractivity contribution in [2.24, 2.45) is 0 Å². The van der Waals surface area contributed by atoms with Crippen LogP contribution in [0.25, 0.3) is 0 Å². The van der Waals surface area contributed by atoms with E-state index in [0.29, 0.717) is 11.4 Å². The third-order valence-electron chi connectivity index (χ3n) is 2.06. The van der Waals surface area contributed by atoms with E-state index in [0.717, 1.165) is 0 Å². The molecular formula is C11H15NOSi. The van der Waals surface area contributed by atoms with Crippen LogP contribution in [0.3, 0.4) is 0 Å². The minimum atomic E-state index is -2.02. The highest BCUT2D eigenvalue weighted by atomic mass is 28.4. The number of benzene rings is 1. The smallest absolute Gasteiger partial charge is 0.296 e. The van der Waals surface area contributed by atoms with Crippen molar-refractivity contribution in [1.29, 1.82) is 0 Å². The zero-order valence-electron chi connectivity index (χ0n) is 8.36. The lowest BCUT2D eigenvalue weighted by Gasteiger charge is -2.21. The van der Waals surface area contributed by atoms with Gasteiger partial charge in [0.15, 0.2) is 0 Å². The Morgan fingerprint density at radius 1 is 1.29 bits per heavy atom. The number of nitrogen functional groups attached to an aromatic ring is 1. The maximum Gasteiger partial charge on any atom is 0.296 e. The van der Waals surface area contributed by atoms with Gasteiger partial charge in [0, 0.05) is 0 Å². The van der Waals surface area contributed by atoms with Crippen LogP contribution in [0.5, 0.6) is 5.75 Å². The fourth-order valence-electron chi connectivity index (χ4n) is 0.977. The highest BCUT2D eigenvalue weighted by Gasteiger charge is 2.23. The molecule has 0 saturated carbocycles. The van der Waals surface area contributed by atoms with Crippen molar-refractivity contribution in [1.82, 2.24) is 0 Å². The molecule has 0 saturated heterocycles. The van der Waals surface area contributed by atoms with Crippen LogP contribution in [0.4, 0.5) is 5.69 Å². The molecule has 0 bridgehead atoms. The van der Waals surface area contributed by atoms with Crippen molar-refractivity contribution in [3.05, 3.63) is 48.8 Å². The molecule has 0 spiro atoms. The Hall–Kier alpha value is -1.48. The Morgan fingerprint density at radius 3 is 2.36 bits per heavy atom. The average molecular weight is 205 g/mol. The molecule has 0 heterocycles. The molecule has 1 aromatic rings. The second kappa shape index (κ2) is 4.15. The van der Waals surface area contributed by atoms with E-state index in [9.17, 15) is 0 Å². The number of hydrogen-bond donors (Lipinski definition) is 1. The summed E-state index contributed by atoms with van der Waals surface area (Å²) in [6.07, 6.45) is 0. The first kappa shape index (κ1) is 10.6. The molecule has 0 amide bonds. The zero-order valence-corrected chi connectivity index (χ0v) is 9.36. The second-order valence-corrected chi connectivity index (χ2v) is 6.62. The summed E-state index contributed by atoms with van der Waals surface area (Å²) in [5.74, 6) is 0.710. The van der Waals surface area contributed by atoms with E-state index in [2.05, 4.69) is 13.2 Å². The van der Waals surface area contributed by atoms with Gasteiger partial charge < -0.3 is 10.2 Å². The summed E-state index contributed by atoms with van der Waals surface area (Å²) < 4.78 is 5.81. The molecule has 2 nitrogen and oxygen atoms in total. The van der Waals surface area contributed by atoms with E-state index < -0.39 is 8.32 Å². The monoisotopic (exact) mass is 205 g/mol. The lowest BCUT2D eigenvalue weighted by atomic mass is 10.3. The quantitative estimate of drug-likeness (QED) is 0.606. The van der Waals surface area contributed by atoms with Gasteiger partial charge in [-0.2, -0.15) is 0 Å². The third-order valence-corrected chi connectivity index (χ3v) is 4.34. The van der Waals surface area contributed by atoms with Gasteiger partial charge in [0.2, 0.25) is 0 Å². The first-order valence-corrected chi connectivity index (χ1v) is 6.98. The predicted molar refractivity (Wildman–Crippen MR) is 63.5 cm³/mol. The molecule has 1 rings (SSSR count). The fourth-order valence-corrected chi connectivity index (χ4v) is 1.97. The van der Waals surface area contributed by atoms with Crippen LogP contribution in [-0.4, -0.2) is 8.32 Å². The Balaban J connectivity index is 2.93. The molecule has 0 radical (unpaired) electrons. The Bertz CT molecular complexity index is 341. The van der Waals surface area contributed by atoms with Crippen LogP contribution in [0, 0.1) is 0 Å². The molecule has 0 unspecified atom stereocenters. The van der Waals surface area contributed by atoms with E-state index in [-0.39, 0.29) is 0 Å². The largest absolute Gasteiger partial charge is 0.535 e. The van der Waals surface area contributed by atoms with Crippen LogP contribution >= 0.6 is 0 Å². The molecule has 2 N–H and O–H groups in total. The van der Waals surface area contributed by atoms with Crippen LogP contribution in [0.15, 0.2) is 48.8 Å². The molecule has 14 heavy (non-hydrogen) atoms. The highest BCUT2D eigenvalue weighted by Crippen LogP contribution is 2.23. The van der Waals surface area contributed by atoms with E-state index in [1.165, 1.54) is 0 Å². The average Bonchev–Trinajstić information content (AvgIpc) is 2.21. The van der Waals surface area contributed by atoms with Gasteiger partial charge in [-0.3, -0.25) is 0 Å². The molecule has 74 valence electrons. The van der Waals surface area contributed by atoms with Crippen LogP contribution in [0.1, 0.15) is 0 Å². The van der Waals surface area contributed by atoms with Crippen molar-refractivity contribution in [2.45, 2.75) is 6.55 Å². The Labute approximate surface area is 85.8 Å². The van der Waals surface area contributed by atoms with Gasteiger partial charge in [0.25, 0.3) is 8.32 Å². The number of anilines is 1. The molecule has 1 aromatic carbocycles. The van der Waals surface area contributed by atoms with Crippen LogP contribution < -0.4 is 10.2 Å². The lowest BCUT2D eigenvalue weighted by molar-refractivity contribution is 0.572. The van der Waals surface area contributed by atoms with Crippen molar-refractivity contribution in [3.8, 4) is 5.75 Å². The molecule has 0 aliphatic rings. The van der Waals surface area contributed by atoms with E-state index >= 15 is 0 Å². The Morgan fingerprint density at radius 2 is 1.86 bits per heavy atom. The van der Waals surface area contributed by atoms with Crippen LogP contribution in [-0.2, 0) is 0 Å². The molecule has 0 fully saturated rings. The number of nitrogens with two attached hydrogens (primary N) is 1. The van der Waals surface area contributed by atoms with Gasteiger partial charge in [-0.25, -0.2) is 0 Å². The van der Waals surface area contributed by atoms with E-state index in [4.69, 9.17) is 10.2 Å². The summed E-state index contributed by atoms with van der Waals surface area (Å²) >= 11 is 0. The van der Waals surface area contributed by atoms with Crippen molar-refractivity contribution in [3.63, 3.8) is 0 Å². The highest BCUT2D eigenvalue weighted by molar-refractivity contribution is 6.82. The van der Waals surface area contributed by atoms with Gasteiger partial charge in [-0.1, -0.05) is 23.5 Å². The first-order valence-electron chi connectivity index (χ1n) is 4.42. The van der Waals surface area contributed by atoms with Gasteiger partial charge >= 0.3 is 0 Å².